The van der Waals surface area contributed by atoms with Crippen LogP contribution in [0.4, 0.5) is 0 Å². The minimum atomic E-state index is -0.244. The van der Waals surface area contributed by atoms with Crippen molar-refractivity contribution in [3.05, 3.63) is 71.4 Å². The van der Waals surface area contributed by atoms with Gasteiger partial charge in [0.2, 0.25) is 11.8 Å². The van der Waals surface area contributed by atoms with Crippen molar-refractivity contribution in [2.24, 2.45) is 0 Å². The van der Waals surface area contributed by atoms with E-state index in [-0.39, 0.29) is 30.8 Å². The summed E-state index contributed by atoms with van der Waals surface area (Å²) in [5.41, 5.74) is 3.22. The van der Waals surface area contributed by atoms with E-state index in [2.05, 4.69) is 15.7 Å². The predicted octanol–water partition coefficient (Wildman–Crippen LogP) is 3.38. The van der Waals surface area contributed by atoms with Crippen molar-refractivity contribution < 1.29 is 9.59 Å². The maximum Gasteiger partial charge on any atom is 0.239 e. The lowest BCUT2D eigenvalue weighted by Gasteiger charge is -2.09. The first kappa shape index (κ1) is 20.6. The third-order valence-corrected chi connectivity index (χ3v) is 4.43. The normalized spacial score (nSPS) is 10.8. The Morgan fingerprint density at radius 3 is 2.38 bits per heavy atom. The smallest absolute Gasteiger partial charge is 0.239 e. The largest absolute Gasteiger partial charge is 0.352 e. The maximum atomic E-state index is 12.4. The van der Waals surface area contributed by atoms with E-state index in [1.54, 1.807) is 16.8 Å². The lowest BCUT2D eigenvalue weighted by atomic mass is 10.1. The van der Waals surface area contributed by atoms with Crippen LogP contribution < -0.4 is 10.6 Å². The van der Waals surface area contributed by atoms with Gasteiger partial charge in [-0.3, -0.25) is 9.59 Å². The minimum absolute atomic E-state index is 0.0278. The van der Waals surface area contributed by atoms with Crippen molar-refractivity contribution >= 4 is 23.4 Å². The molecule has 0 aliphatic carbocycles. The van der Waals surface area contributed by atoms with Crippen LogP contribution in [-0.2, 0) is 16.0 Å². The van der Waals surface area contributed by atoms with Crippen molar-refractivity contribution in [2.75, 3.05) is 6.54 Å². The number of nitrogens with one attached hydrogen (secondary N) is 2. The first-order chi connectivity index (χ1) is 13.9. The summed E-state index contributed by atoms with van der Waals surface area (Å²) in [6.45, 7) is 3.69. The van der Waals surface area contributed by atoms with Gasteiger partial charge in [-0.05, 0) is 38.1 Å². The highest BCUT2D eigenvalue weighted by molar-refractivity contribution is 6.30. The Morgan fingerprint density at radius 1 is 1.03 bits per heavy atom. The monoisotopic (exact) mass is 410 g/mol. The molecule has 0 atom stereocenters. The molecule has 0 saturated carbocycles. The molecule has 0 aliphatic heterocycles. The Hall–Kier alpha value is -3.12. The molecule has 0 unspecified atom stereocenters. The minimum Gasteiger partial charge on any atom is -0.352 e. The van der Waals surface area contributed by atoms with Crippen LogP contribution in [0.15, 0.2) is 60.8 Å². The Bertz CT molecular complexity index is 982. The molecule has 2 N–H and O–H groups in total. The van der Waals surface area contributed by atoms with Crippen molar-refractivity contribution in [1.29, 1.82) is 0 Å². The van der Waals surface area contributed by atoms with Crippen LogP contribution in [0.2, 0.25) is 5.02 Å². The van der Waals surface area contributed by atoms with Gasteiger partial charge in [-0.25, -0.2) is 4.68 Å². The van der Waals surface area contributed by atoms with Crippen LogP contribution in [0.5, 0.6) is 0 Å². The number of para-hydroxylation sites is 1. The molecule has 3 rings (SSSR count). The highest BCUT2D eigenvalue weighted by Crippen LogP contribution is 2.25. The van der Waals surface area contributed by atoms with E-state index in [1.165, 1.54) is 0 Å². The number of carbonyl (C=O) groups excluding carboxylic acids is 2. The van der Waals surface area contributed by atoms with E-state index in [4.69, 9.17) is 11.6 Å². The third kappa shape index (κ3) is 5.68. The molecular formula is C22H23ClN4O2. The molecule has 2 aromatic carbocycles. The first-order valence-electron chi connectivity index (χ1n) is 9.38. The Labute approximate surface area is 174 Å². The number of amides is 2. The van der Waals surface area contributed by atoms with Crippen LogP contribution in [0.3, 0.4) is 0 Å². The van der Waals surface area contributed by atoms with Gasteiger partial charge in [-0.15, -0.1) is 0 Å². The molecule has 3 aromatic rings. The summed E-state index contributed by atoms with van der Waals surface area (Å²) in [5, 5.41) is 10.7. The van der Waals surface area contributed by atoms with Gasteiger partial charge in [-0.1, -0.05) is 41.9 Å². The number of carbonyl (C=O) groups is 2. The van der Waals surface area contributed by atoms with Crippen LogP contribution >= 0.6 is 11.6 Å². The van der Waals surface area contributed by atoms with Gasteiger partial charge < -0.3 is 10.6 Å². The van der Waals surface area contributed by atoms with Crippen molar-refractivity contribution in [3.8, 4) is 16.9 Å². The quantitative estimate of drug-likeness (QED) is 0.627. The van der Waals surface area contributed by atoms with Gasteiger partial charge in [-0.2, -0.15) is 5.10 Å². The van der Waals surface area contributed by atoms with Crippen LogP contribution in [0.1, 0.15) is 19.4 Å². The molecule has 6 nitrogen and oxygen atoms in total. The third-order valence-electron chi connectivity index (χ3n) is 4.18. The lowest BCUT2D eigenvalue weighted by Crippen LogP contribution is -2.40. The molecule has 7 heteroatoms. The molecule has 0 aliphatic rings. The second kappa shape index (κ2) is 9.39. The fraction of sp³-hybridized carbons (Fsp3) is 0.227. The SMILES string of the molecule is CC(C)NC(=O)CNC(=O)Cc1cn(-c2ccccc2)nc1-c1ccc(Cl)cc1. The maximum absolute atomic E-state index is 12.4. The van der Waals surface area contributed by atoms with Crippen molar-refractivity contribution in [2.45, 2.75) is 26.3 Å². The Morgan fingerprint density at radius 2 is 1.72 bits per heavy atom. The topological polar surface area (TPSA) is 76.0 Å². The average Bonchev–Trinajstić information content (AvgIpc) is 3.11. The number of hydrogen-bond acceptors (Lipinski definition) is 3. The molecule has 0 fully saturated rings. The van der Waals surface area contributed by atoms with Gasteiger partial charge in [0.05, 0.1) is 24.3 Å². The highest BCUT2D eigenvalue weighted by atomic mass is 35.5. The summed E-state index contributed by atoms with van der Waals surface area (Å²) >= 11 is 6.00. The van der Waals surface area contributed by atoms with Crippen LogP contribution in [0.25, 0.3) is 16.9 Å². The highest BCUT2D eigenvalue weighted by Gasteiger charge is 2.16. The van der Waals surface area contributed by atoms with Crippen molar-refractivity contribution in [1.82, 2.24) is 20.4 Å². The molecule has 1 heterocycles. The zero-order valence-corrected chi connectivity index (χ0v) is 17.1. The molecule has 0 radical (unpaired) electrons. The summed E-state index contributed by atoms with van der Waals surface area (Å²) in [7, 11) is 0. The van der Waals surface area contributed by atoms with Gasteiger partial charge in [0.1, 0.15) is 0 Å². The summed E-state index contributed by atoms with van der Waals surface area (Å²) in [4.78, 5) is 24.2. The van der Waals surface area contributed by atoms with Gasteiger partial charge in [0.25, 0.3) is 0 Å². The van der Waals surface area contributed by atoms with Crippen molar-refractivity contribution in [3.63, 3.8) is 0 Å². The molecule has 0 bridgehead atoms. The zero-order chi connectivity index (χ0) is 20.8. The zero-order valence-electron chi connectivity index (χ0n) is 16.4. The Balaban J connectivity index is 1.82. The number of rotatable bonds is 7. The molecule has 0 saturated heterocycles. The second-order valence-electron chi connectivity index (χ2n) is 6.97. The van der Waals surface area contributed by atoms with Crippen LogP contribution in [-0.4, -0.2) is 34.2 Å². The van der Waals surface area contributed by atoms with E-state index >= 15 is 0 Å². The predicted molar refractivity (Wildman–Crippen MR) is 114 cm³/mol. The number of benzene rings is 2. The molecular weight excluding hydrogens is 388 g/mol. The summed E-state index contributed by atoms with van der Waals surface area (Å²) < 4.78 is 1.75. The molecule has 29 heavy (non-hydrogen) atoms. The summed E-state index contributed by atoms with van der Waals surface area (Å²) in [6, 6.07) is 17.0. The molecule has 2 amide bonds. The fourth-order valence-corrected chi connectivity index (χ4v) is 3.02. The lowest BCUT2D eigenvalue weighted by molar-refractivity contribution is -0.126. The van der Waals surface area contributed by atoms with E-state index in [0.29, 0.717) is 10.7 Å². The summed E-state index contributed by atoms with van der Waals surface area (Å²) in [5.74, 6) is -0.460. The fourth-order valence-electron chi connectivity index (χ4n) is 2.89. The molecule has 0 spiro atoms. The molecule has 1 aromatic heterocycles. The number of hydrogen-bond donors (Lipinski definition) is 2. The Kier molecular flexibility index (Phi) is 6.67. The van der Waals surface area contributed by atoms with E-state index < -0.39 is 0 Å². The van der Waals surface area contributed by atoms with Crippen LogP contribution in [0, 0.1) is 0 Å². The van der Waals surface area contributed by atoms with E-state index in [0.717, 1.165) is 16.8 Å². The van der Waals surface area contributed by atoms with E-state index in [1.807, 2.05) is 62.5 Å². The van der Waals surface area contributed by atoms with Gasteiger partial charge in [0, 0.05) is 28.4 Å². The molecule has 150 valence electrons. The first-order valence-corrected chi connectivity index (χ1v) is 9.76. The number of halogens is 1. The van der Waals surface area contributed by atoms with Gasteiger partial charge in [0.15, 0.2) is 0 Å². The average molecular weight is 411 g/mol. The standard InChI is InChI=1S/C22H23ClN4O2/c1-15(2)25-21(29)13-24-20(28)12-17-14-27(19-6-4-3-5-7-19)26-22(17)16-8-10-18(23)11-9-16/h3-11,14-15H,12-13H2,1-2H3,(H,24,28)(H,25,29). The second-order valence-corrected chi connectivity index (χ2v) is 7.40. The summed E-state index contributed by atoms with van der Waals surface area (Å²) in [6.07, 6.45) is 1.95. The number of aromatic nitrogens is 2. The van der Waals surface area contributed by atoms with Gasteiger partial charge >= 0.3 is 0 Å². The number of nitrogens with zero attached hydrogens (tertiary/aromatic N) is 2. The van der Waals surface area contributed by atoms with E-state index in [9.17, 15) is 9.59 Å².